The maximum atomic E-state index is 6.29. The van der Waals surface area contributed by atoms with Gasteiger partial charge in [-0.1, -0.05) is 35.9 Å². The first kappa shape index (κ1) is 23.3. The van der Waals surface area contributed by atoms with Gasteiger partial charge in [0.15, 0.2) is 5.96 Å². The normalized spacial score (nSPS) is 16.1. The summed E-state index contributed by atoms with van der Waals surface area (Å²) < 4.78 is 2.06. The van der Waals surface area contributed by atoms with E-state index in [2.05, 4.69) is 59.3 Å². The number of nitrogens with zero attached hydrogens (tertiary/aromatic N) is 5. The molecule has 1 fully saturated rings. The van der Waals surface area contributed by atoms with Crippen LogP contribution in [0.4, 0.5) is 5.82 Å². The van der Waals surface area contributed by atoms with E-state index in [1.807, 2.05) is 24.7 Å². The Hall–Kier alpha value is -2.33. The summed E-state index contributed by atoms with van der Waals surface area (Å²) in [4.78, 5) is 15.1. The highest BCUT2D eigenvalue weighted by atomic mass is 127. The van der Waals surface area contributed by atoms with Crippen molar-refractivity contribution in [3.05, 3.63) is 77.5 Å². The lowest BCUT2D eigenvalue weighted by Gasteiger charge is -2.20. The zero-order chi connectivity index (χ0) is 20.8. The Morgan fingerprint density at radius 2 is 2.00 bits per heavy atom. The highest BCUT2D eigenvalue weighted by molar-refractivity contribution is 14.0. The third-order valence-electron chi connectivity index (χ3n) is 5.20. The summed E-state index contributed by atoms with van der Waals surface area (Å²) >= 11 is 6.29. The first-order valence-electron chi connectivity index (χ1n) is 10.1. The van der Waals surface area contributed by atoms with Crippen LogP contribution in [0, 0.1) is 0 Å². The summed E-state index contributed by atoms with van der Waals surface area (Å²) in [6.45, 7) is 3.31. The smallest absolute Gasteiger partial charge is 0.191 e. The fourth-order valence-corrected chi connectivity index (χ4v) is 3.85. The highest BCUT2D eigenvalue weighted by Crippen LogP contribution is 2.25. The van der Waals surface area contributed by atoms with Gasteiger partial charge in [0.25, 0.3) is 0 Å². The Morgan fingerprint density at radius 1 is 1.19 bits per heavy atom. The first-order chi connectivity index (χ1) is 14.7. The summed E-state index contributed by atoms with van der Waals surface area (Å²) in [6, 6.07) is 12.6. The van der Waals surface area contributed by atoms with Crippen molar-refractivity contribution >= 4 is 47.4 Å². The summed E-state index contributed by atoms with van der Waals surface area (Å²) in [6.07, 6.45) is 8.39. The number of imidazole rings is 1. The average Bonchev–Trinajstić information content (AvgIpc) is 3.45. The molecule has 1 atom stereocenters. The molecule has 1 aliphatic heterocycles. The molecule has 2 N–H and O–H groups in total. The molecule has 1 aliphatic rings. The SMILES string of the molecule is CN=C(NCc1ccc(Cn2ccnc2)cc1)NC1CCN(c2ncccc2Cl)C1.I. The van der Waals surface area contributed by atoms with Crippen molar-refractivity contribution in [1.82, 2.24) is 25.2 Å². The van der Waals surface area contributed by atoms with E-state index in [4.69, 9.17) is 11.6 Å². The molecule has 7 nitrogen and oxygen atoms in total. The van der Waals surface area contributed by atoms with Gasteiger partial charge in [-0.2, -0.15) is 0 Å². The maximum absolute atomic E-state index is 6.29. The number of rotatable bonds is 6. The fraction of sp³-hybridized carbons (Fsp3) is 0.318. The number of hydrogen-bond donors (Lipinski definition) is 2. The van der Waals surface area contributed by atoms with Gasteiger partial charge >= 0.3 is 0 Å². The van der Waals surface area contributed by atoms with Gasteiger partial charge < -0.3 is 20.1 Å². The number of hydrogen-bond acceptors (Lipinski definition) is 4. The molecule has 0 amide bonds. The van der Waals surface area contributed by atoms with E-state index in [0.29, 0.717) is 17.6 Å². The molecule has 1 unspecified atom stereocenters. The number of nitrogens with one attached hydrogen (secondary N) is 2. The van der Waals surface area contributed by atoms with Gasteiger partial charge in [0, 0.05) is 57.9 Å². The zero-order valence-corrected chi connectivity index (χ0v) is 20.5. The zero-order valence-electron chi connectivity index (χ0n) is 17.4. The number of benzene rings is 1. The van der Waals surface area contributed by atoms with Crippen molar-refractivity contribution in [3.8, 4) is 0 Å². The van der Waals surface area contributed by atoms with Crippen LogP contribution in [0.3, 0.4) is 0 Å². The van der Waals surface area contributed by atoms with Crippen LogP contribution in [0.2, 0.25) is 5.02 Å². The number of halogens is 2. The van der Waals surface area contributed by atoms with Crippen LogP contribution in [0.5, 0.6) is 0 Å². The molecule has 164 valence electrons. The Kier molecular flexibility index (Phi) is 8.53. The minimum atomic E-state index is 0. The molecule has 0 spiro atoms. The molecule has 0 saturated carbocycles. The molecule has 2 aromatic heterocycles. The quantitative estimate of drug-likeness (QED) is 0.279. The first-order valence-corrected chi connectivity index (χ1v) is 10.5. The van der Waals surface area contributed by atoms with Crippen molar-refractivity contribution in [2.75, 3.05) is 25.0 Å². The van der Waals surface area contributed by atoms with Gasteiger partial charge in [0.1, 0.15) is 5.82 Å². The van der Waals surface area contributed by atoms with Crippen molar-refractivity contribution in [2.45, 2.75) is 25.6 Å². The van der Waals surface area contributed by atoms with Crippen molar-refractivity contribution < 1.29 is 0 Å². The lowest BCUT2D eigenvalue weighted by molar-refractivity contribution is 0.648. The lowest BCUT2D eigenvalue weighted by Crippen LogP contribution is -2.44. The molecule has 9 heteroatoms. The predicted octanol–water partition coefficient (Wildman–Crippen LogP) is 3.54. The Bertz CT molecular complexity index is 976. The highest BCUT2D eigenvalue weighted by Gasteiger charge is 2.25. The van der Waals surface area contributed by atoms with E-state index in [0.717, 1.165) is 37.8 Å². The third-order valence-corrected chi connectivity index (χ3v) is 5.49. The largest absolute Gasteiger partial charge is 0.353 e. The van der Waals surface area contributed by atoms with E-state index >= 15 is 0 Å². The summed E-state index contributed by atoms with van der Waals surface area (Å²) in [5.41, 5.74) is 2.46. The van der Waals surface area contributed by atoms with Crippen molar-refractivity contribution in [1.29, 1.82) is 0 Å². The van der Waals surface area contributed by atoms with E-state index in [1.165, 1.54) is 11.1 Å². The van der Waals surface area contributed by atoms with Crippen LogP contribution < -0.4 is 15.5 Å². The van der Waals surface area contributed by atoms with E-state index < -0.39 is 0 Å². The van der Waals surface area contributed by atoms with Crippen LogP contribution in [0.1, 0.15) is 17.5 Å². The van der Waals surface area contributed by atoms with Gasteiger partial charge in [0.2, 0.25) is 0 Å². The Balaban J connectivity index is 0.00000272. The Labute approximate surface area is 205 Å². The molecular weight excluding hydrogens is 525 g/mol. The molecule has 0 bridgehead atoms. The summed E-state index contributed by atoms with van der Waals surface area (Å²) in [5.74, 6) is 1.65. The number of anilines is 1. The van der Waals surface area contributed by atoms with Gasteiger partial charge in [-0.25, -0.2) is 9.97 Å². The van der Waals surface area contributed by atoms with Gasteiger partial charge in [-0.3, -0.25) is 4.99 Å². The second kappa shape index (κ2) is 11.3. The standard InChI is InChI=1S/C22H26ClN7.HI/c1-24-22(28-19-8-11-30(15-19)21-20(23)3-2-9-26-21)27-13-17-4-6-18(7-5-17)14-29-12-10-25-16-29;/h2-7,9-10,12,16,19H,8,11,13-15H2,1H3,(H2,24,27,28);1H. The molecule has 1 aromatic carbocycles. The number of aliphatic imine (C=N–C) groups is 1. The Morgan fingerprint density at radius 3 is 2.71 bits per heavy atom. The van der Waals surface area contributed by atoms with Crippen molar-refractivity contribution in [3.63, 3.8) is 0 Å². The minimum absolute atomic E-state index is 0. The topological polar surface area (TPSA) is 70.4 Å². The minimum Gasteiger partial charge on any atom is -0.353 e. The van der Waals surface area contributed by atoms with Crippen LogP contribution in [0.15, 0.2) is 66.3 Å². The fourth-order valence-electron chi connectivity index (χ4n) is 3.61. The molecule has 3 aromatic rings. The molecule has 0 radical (unpaired) electrons. The van der Waals surface area contributed by atoms with Crippen LogP contribution >= 0.6 is 35.6 Å². The second-order valence-electron chi connectivity index (χ2n) is 7.36. The molecule has 4 rings (SSSR count). The third kappa shape index (κ3) is 6.33. The predicted molar refractivity (Wildman–Crippen MR) is 136 cm³/mol. The molecule has 31 heavy (non-hydrogen) atoms. The lowest BCUT2D eigenvalue weighted by atomic mass is 10.1. The molecule has 3 heterocycles. The number of guanidine groups is 1. The van der Waals surface area contributed by atoms with E-state index in [9.17, 15) is 0 Å². The summed E-state index contributed by atoms with van der Waals surface area (Å²) in [7, 11) is 1.80. The van der Waals surface area contributed by atoms with Gasteiger partial charge in [0.05, 0.1) is 11.3 Å². The maximum Gasteiger partial charge on any atom is 0.191 e. The van der Waals surface area contributed by atoms with E-state index in [-0.39, 0.29) is 24.0 Å². The summed E-state index contributed by atoms with van der Waals surface area (Å²) in [5, 5.41) is 7.61. The molecule has 1 saturated heterocycles. The second-order valence-corrected chi connectivity index (χ2v) is 7.77. The van der Waals surface area contributed by atoms with E-state index in [1.54, 1.807) is 19.4 Å². The van der Waals surface area contributed by atoms with Crippen molar-refractivity contribution in [2.24, 2.45) is 4.99 Å². The molecular formula is C22H27ClIN7. The molecule has 0 aliphatic carbocycles. The van der Waals surface area contributed by atoms with Gasteiger partial charge in [-0.05, 0) is 29.7 Å². The van der Waals surface area contributed by atoms with Crippen LogP contribution in [0.25, 0.3) is 0 Å². The number of pyridine rings is 1. The van der Waals surface area contributed by atoms with Crippen LogP contribution in [-0.4, -0.2) is 46.7 Å². The number of aromatic nitrogens is 3. The van der Waals surface area contributed by atoms with Crippen LogP contribution in [-0.2, 0) is 13.1 Å². The monoisotopic (exact) mass is 551 g/mol. The average molecular weight is 552 g/mol. The van der Waals surface area contributed by atoms with Gasteiger partial charge in [-0.15, -0.1) is 24.0 Å².